The van der Waals surface area contributed by atoms with E-state index in [-0.39, 0.29) is 48.4 Å². The van der Waals surface area contributed by atoms with Gasteiger partial charge in [-0.3, -0.25) is 4.79 Å². The average Bonchev–Trinajstić information content (AvgIpc) is 3.26. The molecule has 2 aliphatic heterocycles. The molecule has 180 valence electrons. The largest absolute Gasteiger partial charge is 0.416 e. The molecule has 2 aromatic carbocycles. The first-order valence-corrected chi connectivity index (χ1v) is 10.00. The topological polar surface area (TPSA) is 55.6 Å². The molecule has 0 bridgehead atoms. The van der Waals surface area contributed by atoms with Crippen molar-refractivity contribution in [1.82, 2.24) is 4.90 Å². The Kier molecular flexibility index (Phi) is 7.32. The third-order valence-electron chi connectivity index (χ3n) is 5.40. The van der Waals surface area contributed by atoms with Gasteiger partial charge in [-0.15, -0.1) is 0 Å². The second-order valence-electron chi connectivity index (χ2n) is 7.86. The summed E-state index contributed by atoms with van der Waals surface area (Å²) in [6.07, 6.45) is -9.62. The predicted molar refractivity (Wildman–Crippen MR) is 104 cm³/mol. The Balaban J connectivity index is 0.000000374. The van der Waals surface area contributed by atoms with Crippen molar-refractivity contribution in [2.45, 2.75) is 50.0 Å². The van der Waals surface area contributed by atoms with Crippen molar-refractivity contribution >= 4 is 5.91 Å². The molecule has 0 spiro atoms. The smallest absolute Gasteiger partial charge is 0.372 e. The van der Waals surface area contributed by atoms with Crippen molar-refractivity contribution in [3.63, 3.8) is 0 Å². The van der Waals surface area contributed by atoms with Crippen molar-refractivity contribution in [3.8, 4) is 0 Å². The summed E-state index contributed by atoms with van der Waals surface area (Å²) in [5.41, 5.74) is 2.86. The summed E-state index contributed by atoms with van der Waals surface area (Å²) in [6, 6.07) is 8.77. The van der Waals surface area contributed by atoms with Crippen LogP contribution >= 0.6 is 0 Å². The lowest BCUT2D eigenvalue weighted by atomic mass is 10.0. The molecular formula is C22H21F7N2O2. The second kappa shape index (κ2) is 9.68. The number of carbonyl (C=O) groups excluding carboxylic acids is 1. The number of rotatable bonds is 3. The number of nitrogens with two attached hydrogens (primary N) is 1. The van der Waals surface area contributed by atoms with Gasteiger partial charge < -0.3 is 15.4 Å². The fourth-order valence-corrected chi connectivity index (χ4v) is 3.83. The standard InChI is InChI=1S/C16H16F6N2O2.C6H5F/c17-15(18,19)9-1-8(2-10(3-9)16(20,21)22)7-26-11-4-13-12(23)5-14(25)24(13)6-11;7-6-4-2-1-3-5-6/h1-3,11-13H,4-7,23H2;1-5H. The number of nitrogens with zero attached hydrogens (tertiary/aromatic N) is 1. The Morgan fingerprint density at radius 2 is 1.55 bits per heavy atom. The Labute approximate surface area is 185 Å². The third-order valence-corrected chi connectivity index (χ3v) is 5.40. The van der Waals surface area contributed by atoms with Crippen LogP contribution in [0.4, 0.5) is 30.7 Å². The molecule has 1 amide bonds. The van der Waals surface area contributed by atoms with Crippen LogP contribution in [0.5, 0.6) is 0 Å². The van der Waals surface area contributed by atoms with Gasteiger partial charge in [-0.05, 0) is 42.3 Å². The van der Waals surface area contributed by atoms with Crippen LogP contribution in [0.25, 0.3) is 0 Å². The van der Waals surface area contributed by atoms with Crippen LogP contribution in [-0.4, -0.2) is 35.5 Å². The van der Waals surface area contributed by atoms with Gasteiger partial charge in [0.05, 0.1) is 23.8 Å². The van der Waals surface area contributed by atoms with Gasteiger partial charge in [0.2, 0.25) is 5.91 Å². The van der Waals surface area contributed by atoms with E-state index in [0.29, 0.717) is 18.6 Å². The van der Waals surface area contributed by atoms with E-state index in [1.54, 1.807) is 23.1 Å². The van der Waals surface area contributed by atoms with Gasteiger partial charge in [-0.25, -0.2) is 4.39 Å². The molecule has 2 fully saturated rings. The highest BCUT2D eigenvalue weighted by molar-refractivity contribution is 5.80. The Morgan fingerprint density at radius 3 is 2.00 bits per heavy atom. The molecule has 2 heterocycles. The maximum Gasteiger partial charge on any atom is 0.416 e. The van der Waals surface area contributed by atoms with Crippen molar-refractivity contribution in [2.24, 2.45) is 5.73 Å². The molecule has 2 N–H and O–H groups in total. The molecule has 33 heavy (non-hydrogen) atoms. The maximum atomic E-state index is 12.9. The van der Waals surface area contributed by atoms with E-state index < -0.39 is 36.2 Å². The molecule has 2 aliphatic rings. The first-order valence-electron chi connectivity index (χ1n) is 10.00. The summed E-state index contributed by atoms with van der Waals surface area (Å²) in [5, 5.41) is 0. The lowest BCUT2D eigenvalue weighted by Gasteiger charge is -2.16. The number of hydrogen-bond acceptors (Lipinski definition) is 3. The first kappa shape index (κ1) is 25.0. The second-order valence-corrected chi connectivity index (χ2v) is 7.86. The summed E-state index contributed by atoms with van der Waals surface area (Å²) in [7, 11) is 0. The van der Waals surface area contributed by atoms with Gasteiger partial charge in [0.1, 0.15) is 5.82 Å². The fourth-order valence-electron chi connectivity index (χ4n) is 3.83. The lowest BCUT2D eigenvalue weighted by molar-refractivity contribution is -0.143. The highest BCUT2D eigenvalue weighted by Crippen LogP contribution is 2.37. The van der Waals surface area contributed by atoms with Crippen LogP contribution in [-0.2, 0) is 28.5 Å². The Morgan fingerprint density at radius 1 is 0.970 bits per heavy atom. The number of carbonyl (C=O) groups is 1. The summed E-state index contributed by atoms with van der Waals surface area (Å²) < 4.78 is 94.5. The number of hydrogen-bond donors (Lipinski definition) is 1. The third kappa shape index (κ3) is 6.44. The Bertz CT molecular complexity index is 931. The monoisotopic (exact) mass is 478 g/mol. The van der Waals surface area contributed by atoms with E-state index in [2.05, 4.69) is 0 Å². The Hall–Kier alpha value is -2.66. The van der Waals surface area contributed by atoms with E-state index in [1.165, 1.54) is 12.1 Å². The zero-order valence-corrected chi connectivity index (χ0v) is 17.2. The van der Waals surface area contributed by atoms with Gasteiger partial charge >= 0.3 is 12.4 Å². The summed E-state index contributed by atoms with van der Waals surface area (Å²) in [6.45, 7) is -0.177. The van der Waals surface area contributed by atoms with Crippen LogP contribution in [0.15, 0.2) is 48.5 Å². The zero-order valence-electron chi connectivity index (χ0n) is 17.2. The normalized spacial score (nSPS) is 22.7. The quantitative estimate of drug-likeness (QED) is 0.647. The van der Waals surface area contributed by atoms with E-state index in [1.807, 2.05) is 0 Å². The summed E-state index contributed by atoms with van der Waals surface area (Å²) in [4.78, 5) is 13.3. The highest BCUT2D eigenvalue weighted by Gasteiger charge is 2.45. The van der Waals surface area contributed by atoms with Crippen LogP contribution in [0.2, 0.25) is 0 Å². The van der Waals surface area contributed by atoms with E-state index >= 15 is 0 Å². The number of fused-ring (bicyclic) bond motifs is 1. The highest BCUT2D eigenvalue weighted by atomic mass is 19.4. The zero-order chi connectivity index (χ0) is 24.4. The molecule has 4 nitrogen and oxygen atoms in total. The molecule has 0 saturated carbocycles. The van der Waals surface area contributed by atoms with Crippen molar-refractivity contribution in [3.05, 3.63) is 71.0 Å². The number of ether oxygens (including phenoxy) is 1. The van der Waals surface area contributed by atoms with Crippen molar-refractivity contribution in [1.29, 1.82) is 0 Å². The van der Waals surface area contributed by atoms with Gasteiger partial charge in [0.15, 0.2) is 0 Å². The van der Waals surface area contributed by atoms with E-state index in [0.717, 1.165) is 0 Å². The number of alkyl halides is 6. The van der Waals surface area contributed by atoms with Gasteiger partial charge in [0.25, 0.3) is 0 Å². The lowest BCUT2D eigenvalue weighted by Crippen LogP contribution is -2.35. The summed E-state index contributed by atoms with van der Waals surface area (Å²) in [5.74, 6) is -0.297. The molecule has 3 unspecified atom stereocenters. The van der Waals surface area contributed by atoms with Crippen molar-refractivity contribution in [2.75, 3.05) is 6.54 Å². The average molecular weight is 478 g/mol. The van der Waals surface area contributed by atoms with Gasteiger partial charge in [-0.1, -0.05) is 18.2 Å². The predicted octanol–water partition coefficient (Wildman–Crippen LogP) is 4.77. The molecule has 0 aromatic heterocycles. The minimum absolute atomic E-state index is 0.0762. The van der Waals surface area contributed by atoms with E-state index in [4.69, 9.17) is 10.5 Å². The van der Waals surface area contributed by atoms with Crippen LogP contribution in [0, 0.1) is 5.82 Å². The first-order chi connectivity index (χ1) is 15.3. The van der Waals surface area contributed by atoms with Crippen LogP contribution in [0.3, 0.4) is 0 Å². The minimum atomic E-state index is -4.90. The summed E-state index contributed by atoms with van der Waals surface area (Å²) >= 11 is 0. The fraction of sp³-hybridized carbons (Fsp3) is 0.409. The van der Waals surface area contributed by atoms with Crippen molar-refractivity contribution < 1.29 is 40.3 Å². The number of benzene rings is 2. The van der Waals surface area contributed by atoms with Gasteiger partial charge in [0, 0.05) is 25.0 Å². The molecule has 0 aliphatic carbocycles. The minimum Gasteiger partial charge on any atom is -0.372 e. The molecule has 2 saturated heterocycles. The number of amides is 1. The van der Waals surface area contributed by atoms with Gasteiger partial charge in [-0.2, -0.15) is 26.3 Å². The molecular weight excluding hydrogens is 457 g/mol. The maximum absolute atomic E-state index is 12.9. The molecule has 2 aromatic rings. The molecule has 3 atom stereocenters. The van der Waals surface area contributed by atoms with E-state index in [9.17, 15) is 35.5 Å². The molecule has 0 radical (unpaired) electrons. The number of halogens is 7. The van der Waals surface area contributed by atoms with Crippen LogP contribution in [0.1, 0.15) is 29.5 Å². The van der Waals surface area contributed by atoms with Crippen LogP contribution < -0.4 is 5.73 Å². The molecule has 11 heteroatoms. The molecule has 4 rings (SSSR count). The SMILES string of the molecule is Fc1ccccc1.NC1CC(=O)N2CC(OCc3cc(C(F)(F)F)cc(C(F)(F)F)c3)CC12.